The number of nitrogens with zero attached hydrogens (tertiary/aromatic N) is 1. The van der Waals surface area contributed by atoms with Crippen molar-refractivity contribution < 1.29 is 13.5 Å². The number of halogens is 2. The number of hydrogen-bond acceptors (Lipinski definition) is 3. The lowest BCUT2D eigenvalue weighted by Crippen LogP contribution is -2.01. The Hall–Kier alpha value is -2.01. The zero-order valence-electron chi connectivity index (χ0n) is 9.78. The number of hydrogen-bond donors (Lipinski definition) is 1. The fourth-order valence-electron chi connectivity index (χ4n) is 1.51. The highest BCUT2D eigenvalue weighted by Gasteiger charge is 2.08. The summed E-state index contributed by atoms with van der Waals surface area (Å²) in [6, 6.07) is 6.46. The Kier molecular flexibility index (Phi) is 3.53. The molecule has 3 nitrogen and oxygen atoms in total. The first-order valence-corrected chi connectivity index (χ1v) is 5.39. The molecule has 0 aliphatic rings. The van der Waals surface area contributed by atoms with Gasteiger partial charge in [0, 0.05) is 24.4 Å². The number of nitrogens with two attached hydrogens (primary N) is 1. The summed E-state index contributed by atoms with van der Waals surface area (Å²) in [5.74, 6) is -1.24. The van der Waals surface area contributed by atoms with E-state index < -0.39 is 11.6 Å². The van der Waals surface area contributed by atoms with Crippen LogP contribution in [0.1, 0.15) is 11.3 Å². The van der Waals surface area contributed by atoms with Crippen LogP contribution in [-0.4, -0.2) is 4.98 Å². The van der Waals surface area contributed by atoms with Crippen molar-refractivity contribution in [3.8, 4) is 11.6 Å². The van der Waals surface area contributed by atoms with E-state index in [1.807, 2.05) is 0 Å². The van der Waals surface area contributed by atoms with Crippen LogP contribution >= 0.6 is 0 Å². The maximum atomic E-state index is 13.4. The molecule has 0 amide bonds. The van der Waals surface area contributed by atoms with Crippen LogP contribution in [-0.2, 0) is 6.54 Å². The number of ether oxygens (including phenoxy) is 1. The summed E-state index contributed by atoms with van der Waals surface area (Å²) < 4.78 is 31.3. The average molecular weight is 250 g/mol. The van der Waals surface area contributed by atoms with Crippen LogP contribution in [0.3, 0.4) is 0 Å². The molecule has 0 bridgehead atoms. The van der Waals surface area contributed by atoms with Gasteiger partial charge in [0.1, 0.15) is 5.82 Å². The lowest BCUT2D eigenvalue weighted by atomic mass is 10.2. The molecule has 0 fully saturated rings. The second-order valence-corrected chi connectivity index (χ2v) is 3.77. The van der Waals surface area contributed by atoms with Crippen molar-refractivity contribution in [2.75, 3.05) is 0 Å². The summed E-state index contributed by atoms with van der Waals surface area (Å²) in [4.78, 5) is 4.14. The van der Waals surface area contributed by atoms with E-state index in [4.69, 9.17) is 10.5 Å². The first-order valence-electron chi connectivity index (χ1n) is 5.39. The second-order valence-electron chi connectivity index (χ2n) is 3.77. The van der Waals surface area contributed by atoms with Crippen LogP contribution in [0.25, 0.3) is 0 Å². The van der Waals surface area contributed by atoms with Gasteiger partial charge in [-0.2, -0.15) is 0 Å². The van der Waals surface area contributed by atoms with E-state index in [0.717, 1.165) is 23.4 Å². The molecule has 0 aliphatic carbocycles. The van der Waals surface area contributed by atoms with Crippen LogP contribution in [0.5, 0.6) is 11.6 Å². The van der Waals surface area contributed by atoms with Crippen LogP contribution < -0.4 is 10.5 Å². The van der Waals surface area contributed by atoms with Crippen LogP contribution in [0.2, 0.25) is 0 Å². The van der Waals surface area contributed by atoms with Crippen molar-refractivity contribution in [3.63, 3.8) is 0 Å². The molecule has 0 saturated carbocycles. The number of rotatable bonds is 3. The van der Waals surface area contributed by atoms with Crippen molar-refractivity contribution in [2.24, 2.45) is 5.73 Å². The normalized spacial score (nSPS) is 10.4. The van der Waals surface area contributed by atoms with E-state index >= 15 is 0 Å². The molecule has 94 valence electrons. The van der Waals surface area contributed by atoms with Gasteiger partial charge in [-0.15, -0.1) is 0 Å². The van der Waals surface area contributed by atoms with Gasteiger partial charge in [0.2, 0.25) is 5.88 Å². The van der Waals surface area contributed by atoms with Gasteiger partial charge in [-0.3, -0.25) is 0 Å². The summed E-state index contributed by atoms with van der Waals surface area (Å²) >= 11 is 0. The third-order valence-corrected chi connectivity index (χ3v) is 2.50. The molecule has 0 saturated heterocycles. The number of aromatic nitrogens is 1. The van der Waals surface area contributed by atoms with Gasteiger partial charge in [-0.1, -0.05) is 6.07 Å². The van der Waals surface area contributed by atoms with Crippen molar-refractivity contribution >= 4 is 0 Å². The Labute approximate surface area is 103 Å². The molecule has 0 spiro atoms. The summed E-state index contributed by atoms with van der Waals surface area (Å²) in [5.41, 5.74) is 7.12. The predicted molar refractivity (Wildman–Crippen MR) is 63.3 cm³/mol. The van der Waals surface area contributed by atoms with E-state index in [-0.39, 0.29) is 11.6 Å². The van der Waals surface area contributed by atoms with Crippen molar-refractivity contribution in [1.29, 1.82) is 0 Å². The number of pyridine rings is 1. The first-order chi connectivity index (χ1) is 8.60. The maximum Gasteiger partial charge on any atom is 0.219 e. The molecule has 0 radical (unpaired) electrons. The molecule has 1 aromatic carbocycles. The molecule has 5 heteroatoms. The molecule has 1 aromatic heterocycles. The minimum atomic E-state index is -0.766. The topological polar surface area (TPSA) is 48.1 Å². The largest absolute Gasteiger partial charge is 0.436 e. The molecule has 0 atom stereocenters. The average Bonchev–Trinajstić information content (AvgIpc) is 2.33. The quantitative estimate of drug-likeness (QED) is 0.911. The first kappa shape index (κ1) is 12.4. The van der Waals surface area contributed by atoms with Crippen LogP contribution in [0, 0.1) is 18.6 Å². The molecule has 2 rings (SSSR count). The number of aryl methyl sites for hydroxylation is 1. The van der Waals surface area contributed by atoms with Gasteiger partial charge in [-0.25, -0.2) is 13.8 Å². The lowest BCUT2D eigenvalue weighted by Gasteiger charge is -2.08. The second kappa shape index (κ2) is 5.10. The highest BCUT2D eigenvalue weighted by atomic mass is 19.1. The molecule has 1 heterocycles. The third-order valence-electron chi connectivity index (χ3n) is 2.50. The van der Waals surface area contributed by atoms with Crippen LogP contribution in [0.15, 0.2) is 30.3 Å². The predicted octanol–water partition coefficient (Wildman–Crippen LogP) is 2.92. The maximum absolute atomic E-state index is 13.4. The Morgan fingerprint density at radius 3 is 2.61 bits per heavy atom. The molecular formula is C13H12F2N2O. The van der Waals surface area contributed by atoms with E-state index in [2.05, 4.69) is 4.98 Å². The summed E-state index contributed by atoms with van der Waals surface area (Å²) in [6.07, 6.45) is 0. The Balaban J connectivity index is 2.26. The molecule has 2 aromatic rings. The summed E-state index contributed by atoms with van der Waals surface area (Å²) in [7, 11) is 0. The smallest absolute Gasteiger partial charge is 0.219 e. The number of benzene rings is 1. The SMILES string of the molecule is Cc1nc(Oc2ccc(F)cc2F)ccc1CN. The minimum absolute atomic E-state index is 0.0659. The Morgan fingerprint density at radius 2 is 2.00 bits per heavy atom. The Bertz CT molecular complexity index is 573. The van der Waals surface area contributed by atoms with Crippen molar-refractivity contribution in [2.45, 2.75) is 13.5 Å². The molecule has 0 unspecified atom stereocenters. The van der Waals surface area contributed by atoms with E-state index in [1.54, 1.807) is 19.1 Å². The highest BCUT2D eigenvalue weighted by Crippen LogP contribution is 2.24. The Morgan fingerprint density at radius 1 is 1.22 bits per heavy atom. The molecule has 0 aliphatic heterocycles. The van der Waals surface area contributed by atoms with Gasteiger partial charge in [0.15, 0.2) is 11.6 Å². The van der Waals surface area contributed by atoms with Gasteiger partial charge in [0.05, 0.1) is 0 Å². The standard InChI is InChI=1S/C13H12F2N2O/c1-8-9(7-16)2-5-13(17-8)18-12-4-3-10(14)6-11(12)15/h2-6H,7,16H2,1H3. The molecule has 18 heavy (non-hydrogen) atoms. The van der Waals surface area contributed by atoms with Crippen LogP contribution in [0.4, 0.5) is 8.78 Å². The molecular weight excluding hydrogens is 238 g/mol. The van der Waals surface area contributed by atoms with E-state index in [9.17, 15) is 8.78 Å². The highest BCUT2D eigenvalue weighted by molar-refractivity contribution is 5.31. The lowest BCUT2D eigenvalue weighted by molar-refractivity contribution is 0.422. The zero-order chi connectivity index (χ0) is 13.1. The zero-order valence-corrected chi connectivity index (χ0v) is 9.78. The van der Waals surface area contributed by atoms with E-state index in [1.165, 1.54) is 6.07 Å². The van der Waals surface area contributed by atoms with Gasteiger partial charge < -0.3 is 10.5 Å². The van der Waals surface area contributed by atoms with Gasteiger partial charge in [-0.05, 0) is 24.6 Å². The van der Waals surface area contributed by atoms with Gasteiger partial charge in [0.25, 0.3) is 0 Å². The van der Waals surface area contributed by atoms with Crippen molar-refractivity contribution in [3.05, 3.63) is 53.2 Å². The third kappa shape index (κ3) is 2.62. The fraction of sp³-hybridized carbons (Fsp3) is 0.154. The summed E-state index contributed by atoms with van der Waals surface area (Å²) in [6.45, 7) is 2.17. The monoisotopic (exact) mass is 250 g/mol. The van der Waals surface area contributed by atoms with Gasteiger partial charge >= 0.3 is 0 Å². The minimum Gasteiger partial charge on any atom is -0.436 e. The van der Waals surface area contributed by atoms with Crippen molar-refractivity contribution in [1.82, 2.24) is 4.98 Å². The summed E-state index contributed by atoms with van der Waals surface area (Å²) in [5, 5.41) is 0. The van der Waals surface area contributed by atoms with E-state index in [0.29, 0.717) is 6.54 Å². The molecule has 2 N–H and O–H groups in total. The fourth-order valence-corrected chi connectivity index (χ4v) is 1.51.